The van der Waals surface area contributed by atoms with Gasteiger partial charge in [0.15, 0.2) is 0 Å². The van der Waals surface area contributed by atoms with Crippen LogP contribution in [0.15, 0.2) is 0 Å². The van der Waals surface area contributed by atoms with Gasteiger partial charge in [0.25, 0.3) is 0 Å². The summed E-state index contributed by atoms with van der Waals surface area (Å²) < 4.78 is 9.54. The standard InChI is InChI=1S/C5H6O.6CH3.2Sn/c1-4-5(2,3)6;;;;;;;;/h2-3H3;6*1H3;;/q-1;;;;;;;;+1. The van der Waals surface area contributed by atoms with Gasteiger partial charge in [0.1, 0.15) is 0 Å². The van der Waals surface area contributed by atoms with Crippen molar-refractivity contribution in [3.8, 4) is 9.86 Å². The van der Waals surface area contributed by atoms with E-state index in [-0.39, 0.29) is 5.60 Å². The minimum absolute atomic E-state index is 0.224. The van der Waals surface area contributed by atoms with E-state index in [2.05, 4.69) is 53.3 Å². The third-order valence-electron chi connectivity index (χ3n) is 1.30. The molecule has 14 heavy (non-hydrogen) atoms. The molecule has 0 aliphatic heterocycles. The van der Waals surface area contributed by atoms with Crippen molar-refractivity contribution in [3.05, 3.63) is 0 Å². The first-order valence-corrected chi connectivity index (χ1v) is 24.9. The molecule has 1 nitrogen and oxygen atoms in total. The van der Waals surface area contributed by atoms with Crippen LogP contribution >= 0.6 is 0 Å². The van der Waals surface area contributed by atoms with Crippen LogP contribution in [0.4, 0.5) is 0 Å². The molecule has 0 heterocycles. The third-order valence-corrected chi connectivity index (χ3v) is 7.00. The SMILES string of the molecule is CC(C)(C#[C][Sn]([CH3])([CH3])[CH3])[O][Sn]([CH3])([CH3])[CH3]. The van der Waals surface area contributed by atoms with Crippen LogP contribution in [0.1, 0.15) is 13.8 Å². The number of hydrogen-bond acceptors (Lipinski definition) is 1. The van der Waals surface area contributed by atoms with Gasteiger partial charge in [0, 0.05) is 0 Å². The molecule has 0 aliphatic carbocycles. The maximum atomic E-state index is 6.09. The fourth-order valence-electron chi connectivity index (χ4n) is 1.13. The van der Waals surface area contributed by atoms with Gasteiger partial charge in [-0.05, 0) is 0 Å². The van der Waals surface area contributed by atoms with Crippen LogP contribution in [0.2, 0.25) is 29.6 Å². The summed E-state index contributed by atoms with van der Waals surface area (Å²) in [7, 11) is 0. The molecule has 0 atom stereocenters. The fourth-order valence-corrected chi connectivity index (χ4v) is 7.57. The second kappa shape index (κ2) is 4.97. The second-order valence-electron chi connectivity index (χ2n) is 6.22. The van der Waals surface area contributed by atoms with Crippen molar-refractivity contribution < 1.29 is 3.07 Å². The molecule has 0 aromatic carbocycles. The molecule has 0 radical (unpaired) electrons. The van der Waals surface area contributed by atoms with Crippen molar-refractivity contribution in [2.45, 2.75) is 49.1 Å². The summed E-state index contributed by atoms with van der Waals surface area (Å²) >= 11 is -4.10. The first kappa shape index (κ1) is 15.1. The van der Waals surface area contributed by atoms with Gasteiger partial charge < -0.3 is 0 Å². The Morgan fingerprint density at radius 3 is 1.64 bits per heavy atom. The fraction of sp³-hybridized carbons (Fsp3) is 0.818. The summed E-state index contributed by atoms with van der Waals surface area (Å²) in [6.07, 6.45) is 0. The van der Waals surface area contributed by atoms with Gasteiger partial charge in [-0.2, -0.15) is 0 Å². The van der Waals surface area contributed by atoms with Crippen LogP contribution < -0.4 is 0 Å². The number of hydrogen-bond donors (Lipinski definition) is 0. The van der Waals surface area contributed by atoms with Crippen molar-refractivity contribution in [2.24, 2.45) is 0 Å². The quantitative estimate of drug-likeness (QED) is 0.501. The first-order valence-electron chi connectivity index (χ1n) is 5.16. The van der Waals surface area contributed by atoms with Crippen LogP contribution in [0.25, 0.3) is 0 Å². The predicted octanol–water partition coefficient (Wildman–Crippen LogP) is 3.50. The van der Waals surface area contributed by atoms with Gasteiger partial charge in [-0.3, -0.25) is 0 Å². The van der Waals surface area contributed by atoms with Gasteiger partial charge in [-0.1, -0.05) is 0 Å². The van der Waals surface area contributed by atoms with E-state index in [9.17, 15) is 0 Å². The van der Waals surface area contributed by atoms with Crippen LogP contribution in [0.3, 0.4) is 0 Å². The maximum absolute atomic E-state index is 6.09. The average Bonchev–Trinajstić information content (AvgIpc) is 1.76. The number of rotatable bonds is 2. The normalized spacial score (nSPS) is 13.4. The Labute approximate surface area is 98.3 Å². The molecular weight excluding hydrogens is 386 g/mol. The molecule has 0 saturated heterocycles. The van der Waals surface area contributed by atoms with Gasteiger partial charge in [0.05, 0.1) is 0 Å². The molecule has 0 N–H and O–H groups in total. The van der Waals surface area contributed by atoms with E-state index in [4.69, 9.17) is 3.07 Å². The Bertz CT molecular complexity index is 245. The van der Waals surface area contributed by atoms with Gasteiger partial charge in [-0.15, -0.1) is 0 Å². The van der Waals surface area contributed by atoms with E-state index in [1.54, 1.807) is 0 Å². The molecule has 0 bridgehead atoms. The van der Waals surface area contributed by atoms with Crippen LogP contribution in [0, 0.1) is 9.86 Å². The summed E-state index contributed by atoms with van der Waals surface area (Å²) in [4.78, 5) is 13.8. The zero-order valence-corrected chi connectivity index (χ0v) is 16.6. The van der Waals surface area contributed by atoms with E-state index < -0.39 is 37.2 Å². The Morgan fingerprint density at radius 2 is 1.36 bits per heavy atom. The van der Waals surface area contributed by atoms with E-state index in [0.717, 1.165) is 0 Å². The topological polar surface area (TPSA) is 9.23 Å². The van der Waals surface area contributed by atoms with Crippen LogP contribution in [0.5, 0.6) is 0 Å². The molecule has 0 amide bonds. The molecule has 0 aliphatic rings. The molecule has 0 aromatic rings. The molecule has 0 fully saturated rings. The predicted molar refractivity (Wildman–Crippen MR) is 69.6 cm³/mol. The van der Waals surface area contributed by atoms with Crippen molar-refractivity contribution in [1.29, 1.82) is 0 Å². The molecular formula is C11H24OSn2. The Morgan fingerprint density at radius 1 is 0.929 bits per heavy atom. The first-order chi connectivity index (χ1) is 5.91. The Kier molecular flexibility index (Phi) is 5.36. The van der Waals surface area contributed by atoms with Crippen molar-refractivity contribution in [3.63, 3.8) is 0 Å². The molecule has 0 rings (SSSR count). The average molecular weight is 410 g/mol. The summed E-state index contributed by atoms with van der Waals surface area (Å²) in [5, 5.41) is 0. The minimum atomic E-state index is -2.16. The molecule has 0 saturated carbocycles. The van der Waals surface area contributed by atoms with E-state index in [0.29, 0.717) is 0 Å². The summed E-state index contributed by atoms with van der Waals surface area (Å²) in [5.74, 6) is 3.33. The van der Waals surface area contributed by atoms with E-state index in [1.165, 1.54) is 0 Å². The summed E-state index contributed by atoms with van der Waals surface area (Å²) in [6.45, 7) is 4.19. The molecule has 3 heteroatoms. The molecule has 82 valence electrons. The van der Waals surface area contributed by atoms with Gasteiger partial charge in [-0.25, -0.2) is 0 Å². The zero-order chi connectivity index (χ0) is 11.6. The van der Waals surface area contributed by atoms with E-state index in [1.807, 2.05) is 0 Å². The van der Waals surface area contributed by atoms with Gasteiger partial charge >= 0.3 is 99.2 Å². The van der Waals surface area contributed by atoms with Gasteiger partial charge in [0.2, 0.25) is 0 Å². The van der Waals surface area contributed by atoms with Crippen LogP contribution in [-0.4, -0.2) is 42.8 Å². The monoisotopic (exact) mass is 412 g/mol. The summed E-state index contributed by atoms with van der Waals surface area (Å²) in [6, 6.07) is 0. The molecule has 0 spiro atoms. The molecule has 0 aromatic heterocycles. The van der Waals surface area contributed by atoms with Crippen LogP contribution in [-0.2, 0) is 3.07 Å². The van der Waals surface area contributed by atoms with Crippen molar-refractivity contribution in [2.75, 3.05) is 0 Å². The Balaban J connectivity index is 4.55. The summed E-state index contributed by atoms with van der Waals surface area (Å²) in [5.41, 5.74) is -0.224. The van der Waals surface area contributed by atoms with Crippen molar-refractivity contribution >= 4 is 37.2 Å². The van der Waals surface area contributed by atoms with Crippen molar-refractivity contribution in [1.82, 2.24) is 0 Å². The Hall–Kier alpha value is 1.12. The third kappa shape index (κ3) is 9.66. The molecule has 0 unspecified atom stereocenters. The second-order valence-corrected chi connectivity index (χ2v) is 32.4. The van der Waals surface area contributed by atoms with E-state index >= 15 is 0 Å². The zero-order valence-electron chi connectivity index (χ0n) is 10.9.